The van der Waals surface area contributed by atoms with Crippen molar-refractivity contribution in [2.24, 2.45) is 0 Å². The minimum absolute atomic E-state index is 0.140. The number of thioether (sulfide) groups is 1. The topological polar surface area (TPSA) is 67.2 Å². The lowest BCUT2D eigenvalue weighted by Gasteiger charge is -2.59. The van der Waals surface area contributed by atoms with E-state index >= 15 is 0 Å². The first-order chi connectivity index (χ1) is 15.3. The van der Waals surface area contributed by atoms with Gasteiger partial charge >= 0.3 is 0 Å². The summed E-state index contributed by atoms with van der Waals surface area (Å²) in [4.78, 5) is 16.5. The van der Waals surface area contributed by atoms with Gasteiger partial charge in [-0.1, -0.05) is 42.5 Å². The van der Waals surface area contributed by atoms with Gasteiger partial charge in [-0.25, -0.2) is 0 Å². The first-order valence-electron chi connectivity index (χ1n) is 11.0. The van der Waals surface area contributed by atoms with Crippen LogP contribution in [-0.4, -0.2) is 61.5 Å². The molecule has 7 heteroatoms. The molecule has 2 aromatic rings. The maximum atomic E-state index is 13.5. The van der Waals surface area contributed by atoms with Crippen molar-refractivity contribution in [3.8, 4) is 0 Å². The van der Waals surface area contributed by atoms with Gasteiger partial charge in [-0.3, -0.25) is 9.80 Å². The molecule has 1 fully saturated rings. The Labute approximate surface area is 193 Å². The molecule has 6 nitrogen and oxygen atoms in total. The molecule has 0 bridgehead atoms. The van der Waals surface area contributed by atoms with Crippen LogP contribution in [0.2, 0.25) is 0 Å². The van der Waals surface area contributed by atoms with Gasteiger partial charge < -0.3 is 15.1 Å². The Kier molecular flexibility index (Phi) is 5.13. The number of aliphatic hydroxyl groups is 2. The summed E-state index contributed by atoms with van der Waals surface area (Å²) in [5.41, 5.74) is 0.802. The van der Waals surface area contributed by atoms with Gasteiger partial charge in [0.1, 0.15) is 11.7 Å². The van der Waals surface area contributed by atoms with Crippen LogP contribution in [0.3, 0.4) is 0 Å². The molecule has 3 aliphatic heterocycles. The minimum atomic E-state index is -1.50. The summed E-state index contributed by atoms with van der Waals surface area (Å²) < 4.78 is 0. The summed E-state index contributed by atoms with van der Waals surface area (Å²) >= 11 is 1.82. The van der Waals surface area contributed by atoms with Gasteiger partial charge in [0, 0.05) is 23.4 Å². The monoisotopic (exact) mass is 451 g/mol. The molecule has 3 heterocycles. The third-order valence-electron chi connectivity index (χ3n) is 7.05. The summed E-state index contributed by atoms with van der Waals surface area (Å²) in [7, 11) is 0. The molecule has 4 unspecified atom stereocenters. The van der Waals surface area contributed by atoms with Crippen molar-refractivity contribution in [3.63, 3.8) is 0 Å². The number of hydrogen-bond donors (Lipinski definition) is 2. The van der Waals surface area contributed by atoms with Gasteiger partial charge in [-0.15, -0.1) is 11.8 Å². The Bertz CT molecular complexity index is 1040. The molecule has 0 spiro atoms. The highest BCUT2D eigenvalue weighted by atomic mass is 32.2. The second kappa shape index (κ2) is 7.63. The van der Waals surface area contributed by atoms with Crippen LogP contribution in [0.4, 0.5) is 0 Å². The number of hydrogen-bond acceptors (Lipinski definition) is 6. The first kappa shape index (κ1) is 21.5. The number of rotatable bonds is 2. The van der Waals surface area contributed by atoms with Gasteiger partial charge in [-0.2, -0.15) is 5.01 Å². The van der Waals surface area contributed by atoms with E-state index < -0.39 is 17.2 Å². The number of benzene rings is 2. The highest BCUT2D eigenvalue weighted by molar-refractivity contribution is 7.98. The lowest BCUT2D eigenvalue weighted by Crippen LogP contribution is -2.77. The highest BCUT2D eigenvalue weighted by Gasteiger charge is 2.60. The van der Waals surface area contributed by atoms with Crippen LogP contribution >= 0.6 is 11.8 Å². The Morgan fingerprint density at radius 3 is 2.53 bits per heavy atom. The fraction of sp³-hybridized carbons (Fsp3) is 0.400. The van der Waals surface area contributed by atoms with Crippen LogP contribution in [0, 0.1) is 0 Å². The molecule has 0 aliphatic carbocycles. The van der Waals surface area contributed by atoms with Crippen molar-refractivity contribution >= 4 is 17.7 Å². The van der Waals surface area contributed by atoms with Crippen LogP contribution in [0.1, 0.15) is 43.5 Å². The smallest absolute Gasteiger partial charge is 0.253 e. The number of fused-ring (bicyclic) bond motifs is 3. The fourth-order valence-corrected chi connectivity index (χ4v) is 6.32. The Hall–Kier alpha value is -2.32. The van der Waals surface area contributed by atoms with Gasteiger partial charge in [0.05, 0.1) is 12.7 Å². The molecule has 3 aliphatic rings. The summed E-state index contributed by atoms with van der Waals surface area (Å²) in [5.74, 6) is 0.691. The van der Waals surface area contributed by atoms with Crippen molar-refractivity contribution in [2.75, 3.05) is 13.2 Å². The van der Waals surface area contributed by atoms with Crippen LogP contribution < -0.4 is 0 Å². The number of likely N-dealkylation sites (N-methyl/N-ethyl adjacent to an activating group) is 1. The molecule has 2 aromatic carbocycles. The van der Waals surface area contributed by atoms with E-state index in [4.69, 9.17) is 0 Å². The maximum absolute atomic E-state index is 13.5. The predicted molar refractivity (Wildman–Crippen MR) is 124 cm³/mol. The van der Waals surface area contributed by atoms with E-state index in [0.717, 1.165) is 5.75 Å². The predicted octanol–water partition coefficient (Wildman–Crippen LogP) is 3.12. The SMILES string of the molecule is CCN1CN(C2c3ccccc3CSc3ccccc32)N2C=CC(C)(O)C(O)C2(C)C1=O. The van der Waals surface area contributed by atoms with Gasteiger partial charge in [0.2, 0.25) is 0 Å². The normalized spacial score (nSPS) is 32.2. The van der Waals surface area contributed by atoms with Crippen molar-refractivity contribution in [1.29, 1.82) is 0 Å². The molecule has 0 radical (unpaired) electrons. The number of nitrogens with zero attached hydrogens (tertiary/aromatic N) is 3. The second-order valence-electron chi connectivity index (χ2n) is 9.11. The highest BCUT2D eigenvalue weighted by Crippen LogP contribution is 2.47. The van der Waals surface area contributed by atoms with Crippen LogP contribution in [0.5, 0.6) is 0 Å². The van der Waals surface area contributed by atoms with E-state index in [1.807, 2.05) is 23.7 Å². The average Bonchev–Trinajstić information content (AvgIpc) is 2.95. The Balaban J connectivity index is 1.73. The number of hydrazine groups is 1. The van der Waals surface area contributed by atoms with Crippen LogP contribution in [0.25, 0.3) is 0 Å². The molecule has 1 saturated heterocycles. The molecule has 0 aromatic heterocycles. The molecular formula is C25H29N3O3S. The average molecular weight is 452 g/mol. The standard InChI is InChI=1S/C25H29N3O3S/c1-4-26-16-27(28-14-13-24(2,31)22(29)25(28,3)23(26)30)21-18-10-6-5-9-17(18)15-32-20-12-8-7-11-19(20)21/h5-14,21-22,29,31H,4,15-16H2,1-3H3. The second-order valence-corrected chi connectivity index (χ2v) is 10.1. The summed E-state index contributed by atoms with van der Waals surface area (Å²) in [6.45, 7) is 6.13. The third-order valence-corrected chi connectivity index (χ3v) is 8.19. The Morgan fingerprint density at radius 2 is 1.78 bits per heavy atom. The van der Waals surface area contributed by atoms with Crippen molar-refractivity contribution in [2.45, 2.75) is 54.7 Å². The van der Waals surface area contributed by atoms with Gasteiger partial charge in [0.15, 0.2) is 5.54 Å². The van der Waals surface area contributed by atoms with E-state index in [9.17, 15) is 15.0 Å². The van der Waals surface area contributed by atoms with Crippen molar-refractivity contribution < 1.29 is 15.0 Å². The zero-order chi connectivity index (χ0) is 22.7. The number of aliphatic hydroxyl groups excluding tert-OH is 1. The molecule has 1 amide bonds. The number of carbonyl (C=O) groups is 1. The van der Waals surface area contributed by atoms with E-state index in [0.29, 0.717) is 13.2 Å². The van der Waals surface area contributed by atoms with E-state index in [-0.39, 0.29) is 11.9 Å². The largest absolute Gasteiger partial charge is 0.387 e. The molecule has 32 heavy (non-hydrogen) atoms. The van der Waals surface area contributed by atoms with Crippen LogP contribution in [-0.2, 0) is 10.5 Å². The molecule has 168 valence electrons. The maximum Gasteiger partial charge on any atom is 0.253 e. The molecule has 0 saturated carbocycles. The van der Waals surface area contributed by atoms with Crippen molar-refractivity contribution in [1.82, 2.24) is 14.9 Å². The number of carbonyl (C=O) groups excluding carboxylic acids is 1. The zero-order valence-corrected chi connectivity index (χ0v) is 19.4. The Morgan fingerprint density at radius 1 is 1.09 bits per heavy atom. The minimum Gasteiger partial charge on any atom is -0.387 e. The fourth-order valence-electron chi connectivity index (χ4n) is 5.22. The number of amides is 1. The molecular weight excluding hydrogens is 422 g/mol. The quantitative estimate of drug-likeness (QED) is 0.731. The summed E-state index contributed by atoms with van der Waals surface area (Å²) in [6.07, 6.45) is 2.07. The van der Waals surface area contributed by atoms with Gasteiger partial charge in [-0.05, 0) is 49.6 Å². The van der Waals surface area contributed by atoms with E-state index in [1.54, 1.807) is 31.0 Å². The van der Waals surface area contributed by atoms with Gasteiger partial charge in [0.25, 0.3) is 5.91 Å². The molecule has 4 atom stereocenters. The lowest BCUT2D eigenvalue weighted by atomic mass is 9.78. The zero-order valence-electron chi connectivity index (χ0n) is 18.6. The van der Waals surface area contributed by atoms with E-state index in [2.05, 4.69) is 53.5 Å². The first-order valence-corrected chi connectivity index (χ1v) is 12.0. The third kappa shape index (κ3) is 3.03. The molecule has 2 N–H and O–H groups in total. The van der Waals surface area contributed by atoms with Crippen molar-refractivity contribution in [3.05, 3.63) is 77.5 Å². The summed E-state index contributed by atoms with van der Waals surface area (Å²) in [6, 6.07) is 16.7. The lowest BCUT2D eigenvalue weighted by molar-refractivity contribution is -0.226. The molecule has 5 rings (SSSR count). The van der Waals surface area contributed by atoms with Crippen LogP contribution in [0.15, 0.2) is 65.7 Å². The summed E-state index contributed by atoms with van der Waals surface area (Å²) in [5, 5.41) is 26.1. The van der Waals surface area contributed by atoms with E-state index in [1.165, 1.54) is 21.6 Å².